The minimum Gasteiger partial charge on any atom is -0.316 e. The summed E-state index contributed by atoms with van der Waals surface area (Å²) in [4.78, 5) is 0. The van der Waals surface area contributed by atoms with E-state index >= 15 is 0 Å². The summed E-state index contributed by atoms with van der Waals surface area (Å²) < 4.78 is 0. The molecule has 0 radical (unpaired) electrons. The molecule has 0 heterocycles. The van der Waals surface area contributed by atoms with Crippen molar-refractivity contribution in [2.24, 2.45) is 5.92 Å². The van der Waals surface area contributed by atoms with Gasteiger partial charge in [-0.25, -0.2) is 0 Å². The number of nitrogens with one attached hydrogen (secondary N) is 1. The van der Waals surface area contributed by atoms with Gasteiger partial charge in [-0.2, -0.15) is 0 Å². The lowest BCUT2D eigenvalue weighted by Gasteiger charge is -2.25. The van der Waals surface area contributed by atoms with Crippen LogP contribution in [-0.4, -0.2) is 13.1 Å². The fourth-order valence-electron chi connectivity index (χ4n) is 2.23. The molecule has 0 bridgehead atoms. The number of rotatable bonds is 6. The maximum Gasteiger partial charge on any atom is 0.0132 e. The third-order valence-electron chi connectivity index (χ3n) is 3.29. The molecule has 1 unspecified atom stereocenters. The Kier molecular flexibility index (Phi) is 5.41. The second-order valence-corrected chi connectivity index (χ2v) is 4.16. The standard InChI is InChI=1S/C14H23N/c1-4-13(5-2)14(15-3)11-12-9-7-6-8-10-12/h6-10,13-15H,4-5,11H2,1-3H3. The van der Waals surface area contributed by atoms with Crippen LogP contribution in [-0.2, 0) is 6.42 Å². The largest absolute Gasteiger partial charge is 0.316 e. The van der Waals surface area contributed by atoms with Crippen LogP contribution in [0.4, 0.5) is 0 Å². The first kappa shape index (κ1) is 12.3. The summed E-state index contributed by atoms with van der Waals surface area (Å²) >= 11 is 0. The zero-order valence-electron chi connectivity index (χ0n) is 10.2. The van der Waals surface area contributed by atoms with Crippen LogP contribution >= 0.6 is 0 Å². The van der Waals surface area contributed by atoms with Crippen molar-refractivity contribution < 1.29 is 0 Å². The number of likely N-dealkylation sites (N-methyl/N-ethyl adjacent to an activating group) is 1. The van der Waals surface area contributed by atoms with Gasteiger partial charge in [-0.05, 0) is 24.9 Å². The van der Waals surface area contributed by atoms with Gasteiger partial charge >= 0.3 is 0 Å². The molecule has 84 valence electrons. The van der Waals surface area contributed by atoms with Gasteiger partial charge in [0.2, 0.25) is 0 Å². The van der Waals surface area contributed by atoms with E-state index in [1.165, 1.54) is 18.4 Å². The van der Waals surface area contributed by atoms with Crippen LogP contribution < -0.4 is 5.32 Å². The molecule has 1 aromatic rings. The lowest BCUT2D eigenvalue weighted by molar-refractivity contribution is 0.349. The Labute approximate surface area is 93.9 Å². The molecule has 1 heteroatoms. The molecule has 0 aliphatic heterocycles. The van der Waals surface area contributed by atoms with Crippen LogP contribution in [0.15, 0.2) is 30.3 Å². The van der Waals surface area contributed by atoms with Crippen molar-refractivity contribution in [2.75, 3.05) is 7.05 Å². The van der Waals surface area contributed by atoms with Crippen LogP contribution in [0.25, 0.3) is 0 Å². The van der Waals surface area contributed by atoms with Gasteiger partial charge < -0.3 is 5.32 Å². The first-order valence-corrected chi connectivity index (χ1v) is 6.03. The molecule has 1 aromatic carbocycles. The summed E-state index contributed by atoms with van der Waals surface area (Å²) in [5.74, 6) is 0.787. The predicted octanol–water partition coefficient (Wildman–Crippen LogP) is 3.25. The minimum atomic E-state index is 0.613. The molecule has 0 aliphatic rings. The van der Waals surface area contributed by atoms with Gasteiger partial charge in [0.15, 0.2) is 0 Å². The summed E-state index contributed by atoms with van der Waals surface area (Å²) in [6, 6.07) is 11.4. The highest BCUT2D eigenvalue weighted by Gasteiger charge is 2.16. The fourth-order valence-corrected chi connectivity index (χ4v) is 2.23. The highest BCUT2D eigenvalue weighted by Crippen LogP contribution is 2.16. The fraction of sp³-hybridized carbons (Fsp3) is 0.571. The molecule has 0 amide bonds. The Balaban J connectivity index is 2.61. The van der Waals surface area contributed by atoms with E-state index in [-0.39, 0.29) is 0 Å². The van der Waals surface area contributed by atoms with E-state index in [1.807, 2.05) is 0 Å². The summed E-state index contributed by atoms with van der Waals surface area (Å²) in [5.41, 5.74) is 1.43. The molecule has 0 fully saturated rings. The van der Waals surface area contributed by atoms with Gasteiger partial charge in [0.25, 0.3) is 0 Å². The van der Waals surface area contributed by atoms with Crippen molar-refractivity contribution in [1.82, 2.24) is 5.32 Å². The molecule has 15 heavy (non-hydrogen) atoms. The molecule has 1 nitrogen and oxygen atoms in total. The monoisotopic (exact) mass is 205 g/mol. The smallest absolute Gasteiger partial charge is 0.0132 e. The predicted molar refractivity (Wildman–Crippen MR) is 67.1 cm³/mol. The van der Waals surface area contributed by atoms with Crippen molar-refractivity contribution in [2.45, 2.75) is 39.2 Å². The van der Waals surface area contributed by atoms with E-state index in [9.17, 15) is 0 Å². The number of hydrogen-bond donors (Lipinski definition) is 1. The average Bonchev–Trinajstić information content (AvgIpc) is 2.30. The summed E-state index contributed by atoms with van der Waals surface area (Å²) in [6.45, 7) is 4.56. The van der Waals surface area contributed by atoms with Gasteiger partial charge in [-0.3, -0.25) is 0 Å². The van der Waals surface area contributed by atoms with Crippen molar-refractivity contribution >= 4 is 0 Å². The normalized spacial score (nSPS) is 13.1. The summed E-state index contributed by atoms with van der Waals surface area (Å²) in [6.07, 6.45) is 3.66. The van der Waals surface area contributed by atoms with Crippen LogP contribution in [0.3, 0.4) is 0 Å². The highest BCUT2D eigenvalue weighted by atomic mass is 14.9. The third-order valence-corrected chi connectivity index (χ3v) is 3.29. The molecule has 1 atom stereocenters. The van der Waals surface area contributed by atoms with Crippen molar-refractivity contribution in [3.8, 4) is 0 Å². The Morgan fingerprint density at radius 3 is 2.13 bits per heavy atom. The first-order valence-electron chi connectivity index (χ1n) is 6.03. The van der Waals surface area contributed by atoms with E-state index in [1.54, 1.807) is 0 Å². The Morgan fingerprint density at radius 1 is 1.07 bits per heavy atom. The lowest BCUT2D eigenvalue weighted by Crippen LogP contribution is -2.35. The van der Waals surface area contributed by atoms with Gasteiger partial charge in [-0.15, -0.1) is 0 Å². The van der Waals surface area contributed by atoms with Gasteiger partial charge in [0.05, 0.1) is 0 Å². The molecule has 0 aliphatic carbocycles. The van der Waals surface area contributed by atoms with Crippen LogP contribution in [0.5, 0.6) is 0 Å². The highest BCUT2D eigenvalue weighted by molar-refractivity contribution is 5.16. The second kappa shape index (κ2) is 6.62. The van der Waals surface area contributed by atoms with E-state index < -0.39 is 0 Å². The van der Waals surface area contributed by atoms with Gasteiger partial charge in [0.1, 0.15) is 0 Å². The van der Waals surface area contributed by atoms with E-state index in [4.69, 9.17) is 0 Å². The first-order chi connectivity index (χ1) is 7.31. The Morgan fingerprint density at radius 2 is 1.67 bits per heavy atom. The molecule has 1 N–H and O–H groups in total. The van der Waals surface area contributed by atoms with E-state index in [0.29, 0.717) is 6.04 Å². The van der Waals surface area contributed by atoms with Crippen molar-refractivity contribution in [1.29, 1.82) is 0 Å². The summed E-state index contributed by atoms with van der Waals surface area (Å²) in [5, 5.41) is 3.45. The maximum absolute atomic E-state index is 3.45. The zero-order chi connectivity index (χ0) is 11.1. The molecule has 0 aromatic heterocycles. The molecular formula is C14H23N. The topological polar surface area (TPSA) is 12.0 Å². The Bertz CT molecular complexity index is 251. The van der Waals surface area contributed by atoms with Crippen molar-refractivity contribution in [3.63, 3.8) is 0 Å². The minimum absolute atomic E-state index is 0.613. The Hall–Kier alpha value is -0.820. The van der Waals surface area contributed by atoms with Crippen LogP contribution in [0.2, 0.25) is 0 Å². The van der Waals surface area contributed by atoms with Crippen LogP contribution in [0.1, 0.15) is 32.3 Å². The lowest BCUT2D eigenvalue weighted by atomic mass is 9.89. The molecule has 0 saturated heterocycles. The van der Waals surface area contributed by atoms with Crippen molar-refractivity contribution in [3.05, 3.63) is 35.9 Å². The number of hydrogen-bond acceptors (Lipinski definition) is 1. The SMILES string of the molecule is CCC(CC)C(Cc1ccccc1)NC. The molecule has 0 spiro atoms. The zero-order valence-corrected chi connectivity index (χ0v) is 10.2. The maximum atomic E-state index is 3.45. The number of benzene rings is 1. The summed E-state index contributed by atoms with van der Waals surface area (Å²) in [7, 11) is 2.08. The quantitative estimate of drug-likeness (QED) is 0.751. The third kappa shape index (κ3) is 3.67. The molecule has 1 rings (SSSR count). The average molecular weight is 205 g/mol. The molecule has 0 saturated carbocycles. The van der Waals surface area contributed by atoms with Gasteiger partial charge in [-0.1, -0.05) is 57.0 Å². The van der Waals surface area contributed by atoms with Gasteiger partial charge in [0, 0.05) is 6.04 Å². The van der Waals surface area contributed by atoms with E-state index in [2.05, 4.69) is 56.5 Å². The molecular weight excluding hydrogens is 182 g/mol. The second-order valence-electron chi connectivity index (χ2n) is 4.16. The van der Waals surface area contributed by atoms with Crippen LogP contribution in [0, 0.1) is 5.92 Å². The van der Waals surface area contributed by atoms with E-state index in [0.717, 1.165) is 12.3 Å².